The lowest BCUT2D eigenvalue weighted by atomic mass is 9.94. The van der Waals surface area contributed by atoms with E-state index in [4.69, 9.17) is 9.47 Å². The summed E-state index contributed by atoms with van der Waals surface area (Å²) < 4.78 is 11.5. The number of aromatic nitrogens is 1. The summed E-state index contributed by atoms with van der Waals surface area (Å²) in [7, 11) is 1.65. The second-order valence-corrected chi connectivity index (χ2v) is 15.9. The van der Waals surface area contributed by atoms with Gasteiger partial charge in [0.2, 0.25) is 11.8 Å². The van der Waals surface area contributed by atoms with Crippen LogP contribution in [0.4, 0.5) is 5.69 Å². The molecule has 4 amide bonds. The zero-order chi connectivity index (χ0) is 43.6. The van der Waals surface area contributed by atoms with Crippen LogP contribution in [0, 0.1) is 11.8 Å². The van der Waals surface area contributed by atoms with Crippen LogP contribution in [0.2, 0.25) is 0 Å². The highest BCUT2D eigenvalue weighted by Crippen LogP contribution is 2.29. The number of methoxy groups -OCH3 is 1. The molecular formula is C47H64N6O7. The summed E-state index contributed by atoms with van der Waals surface area (Å²) in [6.45, 7) is 13.0. The smallest absolute Gasteiger partial charge is 0.251 e. The van der Waals surface area contributed by atoms with Crippen LogP contribution in [0.25, 0.3) is 10.9 Å². The predicted octanol–water partition coefficient (Wildman–Crippen LogP) is 7.39. The molecular weight excluding hydrogens is 761 g/mol. The molecule has 0 aliphatic carbocycles. The van der Waals surface area contributed by atoms with Gasteiger partial charge < -0.3 is 41.2 Å². The lowest BCUT2D eigenvalue weighted by Gasteiger charge is -2.30. The predicted molar refractivity (Wildman–Crippen MR) is 237 cm³/mol. The fourth-order valence-electron chi connectivity index (χ4n) is 6.76. The van der Waals surface area contributed by atoms with Crippen molar-refractivity contribution in [1.82, 2.24) is 26.3 Å². The van der Waals surface area contributed by atoms with Crippen molar-refractivity contribution in [1.29, 1.82) is 0 Å². The van der Waals surface area contributed by atoms with E-state index in [0.717, 1.165) is 48.0 Å². The summed E-state index contributed by atoms with van der Waals surface area (Å²) in [6, 6.07) is 19.8. The van der Waals surface area contributed by atoms with Gasteiger partial charge in [-0.25, -0.2) is 0 Å². The van der Waals surface area contributed by atoms with Gasteiger partial charge in [-0.05, 0) is 105 Å². The van der Waals surface area contributed by atoms with Crippen LogP contribution in [0.5, 0.6) is 17.2 Å². The van der Waals surface area contributed by atoms with E-state index in [1.807, 2.05) is 58.9 Å². The number of carbonyl (C=O) groups excluding carboxylic acids is 4. The molecule has 0 bridgehead atoms. The van der Waals surface area contributed by atoms with Crippen molar-refractivity contribution in [3.8, 4) is 17.2 Å². The molecule has 0 saturated carbocycles. The van der Waals surface area contributed by atoms with Crippen LogP contribution in [0.1, 0.15) is 107 Å². The first-order chi connectivity index (χ1) is 28.8. The molecule has 2 unspecified atom stereocenters. The summed E-state index contributed by atoms with van der Waals surface area (Å²) in [5.74, 6) is 0.430. The quantitative estimate of drug-likeness (QED) is 0.0393. The zero-order valence-corrected chi connectivity index (χ0v) is 36.2. The first-order valence-corrected chi connectivity index (χ1v) is 21.2. The van der Waals surface area contributed by atoms with Gasteiger partial charge in [0.1, 0.15) is 23.3 Å². The fraction of sp³-hybridized carbons (Fsp3) is 0.468. The molecule has 13 nitrogen and oxygen atoms in total. The standard InChI is InChI=1S/C47H64N6O7/c1-8-10-23-48-42(55)29-41(54)39(26-30(3)4)52-47(58)43(31(5)9-2)53-46(57)34-17-21-37(22-18-34)60-36-19-15-33(16-20-36)45(56)50-25-11-13-32(6)51-40-28-38(59-7)27-35-14-12-24-49-44(35)40/h12,14-22,24,27-28,30-32,39,41,43,51,54H,8-11,13,23,25-26,29H2,1-7H3,(H,48,55)(H,50,56)(H,52,58)(H,53,57)/t31?,32?,39-,41-,43-/m0/s1. The van der Waals surface area contributed by atoms with Gasteiger partial charge in [0, 0.05) is 47.9 Å². The van der Waals surface area contributed by atoms with Gasteiger partial charge in [0.05, 0.1) is 36.9 Å². The third-order valence-electron chi connectivity index (χ3n) is 10.4. The van der Waals surface area contributed by atoms with Crippen molar-refractivity contribution < 1.29 is 33.8 Å². The maximum absolute atomic E-state index is 13.6. The van der Waals surface area contributed by atoms with Gasteiger partial charge in [-0.2, -0.15) is 0 Å². The minimum absolute atomic E-state index is 0.127. The maximum atomic E-state index is 13.6. The number of nitrogens with one attached hydrogen (secondary N) is 5. The Labute approximate surface area is 354 Å². The molecule has 60 heavy (non-hydrogen) atoms. The molecule has 0 spiro atoms. The molecule has 0 aliphatic heterocycles. The van der Waals surface area contributed by atoms with Crippen LogP contribution in [-0.4, -0.2) is 78.1 Å². The van der Waals surface area contributed by atoms with Crippen molar-refractivity contribution >= 4 is 40.2 Å². The zero-order valence-electron chi connectivity index (χ0n) is 36.2. The Morgan fingerprint density at radius 3 is 2.05 bits per heavy atom. The highest BCUT2D eigenvalue weighted by Gasteiger charge is 2.31. The normalized spacial score (nSPS) is 13.7. The van der Waals surface area contributed by atoms with Crippen LogP contribution in [0.3, 0.4) is 0 Å². The minimum Gasteiger partial charge on any atom is -0.497 e. The molecule has 324 valence electrons. The molecule has 3 aromatic carbocycles. The van der Waals surface area contributed by atoms with Gasteiger partial charge in [-0.3, -0.25) is 24.2 Å². The Balaban J connectivity index is 1.26. The average molecular weight is 825 g/mol. The molecule has 4 aromatic rings. The maximum Gasteiger partial charge on any atom is 0.251 e. The lowest BCUT2D eigenvalue weighted by Crippen LogP contribution is -2.55. The molecule has 0 aliphatic rings. The molecule has 0 fully saturated rings. The van der Waals surface area contributed by atoms with E-state index < -0.39 is 30.0 Å². The number of amides is 4. The highest BCUT2D eigenvalue weighted by molar-refractivity contribution is 5.98. The minimum atomic E-state index is -1.08. The Morgan fingerprint density at radius 2 is 1.43 bits per heavy atom. The first kappa shape index (κ1) is 47.0. The number of rotatable bonds is 24. The van der Waals surface area contributed by atoms with Crippen molar-refractivity contribution in [2.45, 2.75) is 111 Å². The number of pyridine rings is 1. The van der Waals surface area contributed by atoms with Gasteiger partial charge in [-0.1, -0.05) is 53.5 Å². The Bertz CT molecular complexity index is 1990. The second-order valence-electron chi connectivity index (χ2n) is 15.9. The Hall–Kier alpha value is -5.69. The Kier molecular flexibility index (Phi) is 18.6. The van der Waals surface area contributed by atoms with Crippen molar-refractivity contribution in [2.75, 3.05) is 25.5 Å². The van der Waals surface area contributed by atoms with E-state index in [-0.39, 0.29) is 36.1 Å². The average Bonchev–Trinajstić information content (AvgIpc) is 3.23. The summed E-state index contributed by atoms with van der Waals surface area (Å²) >= 11 is 0. The molecule has 1 aromatic heterocycles. The number of ether oxygens (including phenoxy) is 2. The number of anilines is 1. The molecule has 6 N–H and O–H groups in total. The number of nitrogens with zero attached hydrogens (tertiary/aromatic N) is 1. The van der Waals surface area contributed by atoms with Gasteiger partial charge in [0.15, 0.2) is 0 Å². The monoisotopic (exact) mass is 824 g/mol. The molecule has 4 rings (SSSR count). The second kappa shape index (κ2) is 23.8. The molecule has 1 heterocycles. The van der Waals surface area contributed by atoms with Crippen LogP contribution >= 0.6 is 0 Å². The van der Waals surface area contributed by atoms with E-state index in [9.17, 15) is 24.3 Å². The van der Waals surface area contributed by atoms with Crippen LogP contribution < -0.4 is 36.1 Å². The molecule has 0 radical (unpaired) electrons. The van der Waals surface area contributed by atoms with Crippen LogP contribution in [-0.2, 0) is 9.59 Å². The highest BCUT2D eigenvalue weighted by atomic mass is 16.5. The van der Waals surface area contributed by atoms with Crippen molar-refractivity contribution in [2.24, 2.45) is 11.8 Å². The molecule has 5 atom stereocenters. The third-order valence-corrected chi connectivity index (χ3v) is 10.4. The number of fused-ring (bicyclic) bond motifs is 1. The van der Waals surface area contributed by atoms with Gasteiger partial charge in [0.25, 0.3) is 11.8 Å². The van der Waals surface area contributed by atoms with Crippen molar-refractivity contribution in [3.05, 3.63) is 90.1 Å². The number of aliphatic hydroxyl groups excluding tert-OH is 1. The molecule has 13 heteroatoms. The van der Waals surface area contributed by atoms with E-state index in [1.165, 1.54) is 0 Å². The SMILES string of the molecule is CCCCNC(=O)C[C@H](O)[C@H](CC(C)C)NC(=O)[C@@H](NC(=O)c1ccc(Oc2ccc(C(=O)NCCCC(C)Nc3cc(OC)cc4cccnc34)cc2)cc1)C(C)CC. The van der Waals surface area contributed by atoms with E-state index >= 15 is 0 Å². The summed E-state index contributed by atoms with van der Waals surface area (Å²) in [6.07, 6.45) is 5.06. The number of hydrogen-bond donors (Lipinski definition) is 6. The number of hydrogen-bond acceptors (Lipinski definition) is 9. The summed E-state index contributed by atoms with van der Waals surface area (Å²) in [5.41, 5.74) is 2.64. The van der Waals surface area contributed by atoms with E-state index in [1.54, 1.807) is 61.8 Å². The number of aliphatic hydroxyl groups is 1. The van der Waals surface area contributed by atoms with Gasteiger partial charge >= 0.3 is 0 Å². The fourth-order valence-corrected chi connectivity index (χ4v) is 6.76. The lowest BCUT2D eigenvalue weighted by molar-refractivity contribution is -0.128. The summed E-state index contributed by atoms with van der Waals surface area (Å²) in [5, 5.41) is 27.1. The number of carbonyl (C=O) groups is 4. The largest absolute Gasteiger partial charge is 0.497 e. The number of unbranched alkanes of at least 4 members (excludes halogenated alkanes) is 1. The van der Waals surface area contributed by atoms with E-state index in [2.05, 4.69) is 38.5 Å². The Morgan fingerprint density at radius 1 is 0.783 bits per heavy atom. The molecule has 0 saturated heterocycles. The summed E-state index contributed by atoms with van der Waals surface area (Å²) in [4.78, 5) is 56.9. The first-order valence-electron chi connectivity index (χ1n) is 21.2. The van der Waals surface area contributed by atoms with Crippen molar-refractivity contribution in [3.63, 3.8) is 0 Å². The topological polar surface area (TPSA) is 180 Å². The van der Waals surface area contributed by atoms with Gasteiger partial charge in [-0.15, -0.1) is 0 Å². The van der Waals surface area contributed by atoms with E-state index in [0.29, 0.717) is 48.6 Å². The van der Waals surface area contributed by atoms with Crippen LogP contribution in [0.15, 0.2) is 79.0 Å². The number of benzene rings is 3. The third kappa shape index (κ3) is 14.5.